The standard InChI is InChI=1S/C22H24N4O4/c1-3-12-26-18-7-5-4-6-17(18)21(22(26)29)25-24-20(28)14-23-19(27)13-15-8-10-16(30-2)11-9-15/h4-11,29H,3,12-14H2,1-2H3,(H,23,27). The molecule has 8 heteroatoms. The number of nitrogens with zero attached hydrogens (tertiary/aromatic N) is 3. The number of hydrogen-bond donors (Lipinski definition) is 2. The predicted molar refractivity (Wildman–Crippen MR) is 113 cm³/mol. The molecule has 8 nitrogen and oxygen atoms in total. The van der Waals surface area contributed by atoms with Crippen molar-refractivity contribution in [1.82, 2.24) is 9.88 Å². The molecule has 3 rings (SSSR count). The topological polar surface area (TPSA) is 105 Å². The van der Waals surface area contributed by atoms with Gasteiger partial charge in [0.1, 0.15) is 12.3 Å². The fourth-order valence-electron chi connectivity index (χ4n) is 3.13. The Morgan fingerprint density at radius 2 is 1.87 bits per heavy atom. The first kappa shape index (κ1) is 21.0. The largest absolute Gasteiger partial charge is 0.497 e. The summed E-state index contributed by atoms with van der Waals surface area (Å²) in [4.78, 5) is 24.1. The Labute approximate surface area is 174 Å². The molecule has 1 aromatic heterocycles. The molecule has 0 atom stereocenters. The zero-order valence-electron chi connectivity index (χ0n) is 17.0. The van der Waals surface area contributed by atoms with E-state index in [4.69, 9.17) is 4.74 Å². The molecule has 2 N–H and O–H groups in total. The van der Waals surface area contributed by atoms with E-state index in [2.05, 4.69) is 15.5 Å². The molecule has 0 radical (unpaired) electrons. The van der Waals surface area contributed by atoms with E-state index >= 15 is 0 Å². The molecule has 0 aliphatic carbocycles. The van der Waals surface area contributed by atoms with Crippen molar-refractivity contribution in [1.29, 1.82) is 0 Å². The number of aromatic hydroxyl groups is 1. The van der Waals surface area contributed by atoms with Crippen LogP contribution in [0.4, 0.5) is 5.69 Å². The molecular formula is C22H24N4O4. The Balaban J connectivity index is 1.62. The summed E-state index contributed by atoms with van der Waals surface area (Å²) in [7, 11) is 1.57. The zero-order chi connectivity index (χ0) is 21.5. The van der Waals surface area contributed by atoms with Gasteiger partial charge in [-0.3, -0.25) is 9.59 Å². The average molecular weight is 408 g/mol. The van der Waals surface area contributed by atoms with Gasteiger partial charge in [0.15, 0.2) is 5.69 Å². The van der Waals surface area contributed by atoms with Crippen LogP contribution in [0.2, 0.25) is 0 Å². The Hall–Kier alpha value is -3.68. The normalized spacial score (nSPS) is 11.1. The van der Waals surface area contributed by atoms with Gasteiger partial charge in [0.2, 0.25) is 11.8 Å². The lowest BCUT2D eigenvalue weighted by Gasteiger charge is -2.04. The summed E-state index contributed by atoms with van der Waals surface area (Å²) >= 11 is 0. The van der Waals surface area contributed by atoms with Crippen LogP contribution in [0.15, 0.2) is 58.8 Å². The molecule has 0 saturated heterocycles. The van der Waals surface area contributed by atoms with Crippen LogP contribution in [0.5, 0.6) is 11.6 Å². The number of azo groups is 1. The van der Waals surface area contributed by atoms with Crippen molar-refractivity contribution in [2.75, 3.05) is 13.7 Å². The minimum Gasteiger partial charge on any atom is -0.497 e. The van der Waals surface area contributed by atoms with Gasteiger partial charge in [-0.15, -0.1) is 10.2 Å². The van der Waals surface area contributed by atoms with E-state index in [1.165, 1.54) is 0 Å². The van der Waals surface area contributed by atoms with Crippen molar-refractivity contribution < 1.29 is 19.4 Å². The first-order chi connectivity index (χ1) is 14.5. The Kier molecular flexibility index (Phi) is 6.79. The lowest BCUT2D eigenvalue weighted by Crippen LogP contribution is -2.29. The van der Waals surface area contributed by atoms with Crippen LogP contribution in [-0.2, 0) is 22.6 Å². The molecule has 2 amide bonds. The minimum atomic E-state index is -0.607. The number of aryl methyl sites for hydroxylation is 1. The number of hydrogen-bond acceptors (Lipinski definition) is 5. The summed E-state index contributed by atoms with van der Waals surface area (Å²) in [6.07, 6.45) is 0.974. The van der Waals surface area contributed by atoms with Crippen LogP contribution in [0.1, 0.15) is 18.9 Å². The summed E-state index contributed by atoms with van der Waals surface area (Å²) in [6.45, 7) is 2.36. The number of ether oxygens (including phenoxy) is 1. The van der Waals surface area contributed by atoms with Gasteiger partial charge in [0.25, 0.3) is 5.91 Å². The summed E-state index contributed by atoms with van der Waals surface area (Å²) in [5.74, 6) is -0.229. The third kappa shape index (κ3) is 4.83. The predicted octanol–water partition coefficient (Wildman–Crippen LogP) is 3.73. The van der Waals surface area contributed by atoms with Crippen LogP contribution < -0.4 is 10.1 Å². The maximum atomic E-state index is 12.1. The molecule has 30 heavy (non-hydrogen) atoms. The van der Waals surface area contributed by atoms with Crippen molar-refractivity contribution in [3.05, 3.63) is 54.1 Å². The number of carbonyl (C=O) groups is 2. The fourth-order valence-corrected chi connectivity index (χ4v) is 3.13. The van der Waals surface area contributed by atoms with Crippen LogP contribution >= 0.6 is 0 Å². The second kappa shape index (κ2) is 9.69. The third-order valence-corrected chi connectivity index (χ3v) is 4.59. The SMILES string of the molecule is CCCn1c(O)c(N=NC(=O)CNC(=O)Cc2ccc(OC)cc2)c2ccccc21. The van der Waals surface area contributed by atoms with Crippen LogP contribution in [0, 0.1) is 0 Å². The molecule has 2 aromatic carbocycles. The summed E-state index contributed by atoms with van der Waals surface area (Å²) in [5.41, 5.74) is 1.87. The number of amides is 2. The van der Waals surface area contributed by atoms with E-state index < -0.39 is 5.91 Å². The number of fused-ring (bicyclic) bond motifs is 1. The second-order valence-corrected chi connectivity index (χ2v) is 6.74. The average Bonchev–Trinajstić information content (AvgIpc) is 3.03. The number of benzene rings is 2. The van der Waals surface area contributed by atoms with Crippen molar-refractivity contribution in [3.63, 3.8) is 0 Å². The van der Waals surface area contributed by atoms with Crippen molar-refractivity contribution in [2.24, 2.45) is 10.2 Å². The Bertz CT molecular complexity index is 1070. The lowest BCUT2D eigenvalue weighted by molar-refractivity contribution is -0.124. The fraction of sp³-hybridized carbons (Fsp3) is 0.273. The molecule has 0 aliphatic heterocycles. The molecule has 0 saturated carbocycles. The monoisotopic (exact) mass is 408 g/mol. The van der Waals surface area contributed by atoms with Gasteiger partial charge in [-0.05, 0) is 30.2 Å². The Morgan fingerprint density at radius 3 is 2.57 bits per heavy atom. The maximum Gasteiger partial charge on any atom is 0.283 e. The van der Waals surface area contributed by atoms with E-state index in [0.717, 1.165) is 17.5 Å². The summed E-state index contributed by atoms with van der Waals surface area (Å²) < 4.78 is 6.82. The van der Waals surface area contributed by atoms with Crippen LogP contribution in [0.3, 0.4) is 0 Å². The number of carbonyl (C=O) groups excluding carboxylic acids is 2. The van der Waals surface area contributed by atoms with Crippen molar-refractivity contribution in [3.8, 4) is 11.6 Å². The van der Waals surface area contributed by atoms with Crippen molar-refractivity contribution >= 4 is 28.4 Å². The number of nitrogens with one attached hydrogen (secondary N) is 1. The van der Waals surface area contributed by atoms with E-state index in [9.17, 15) is 14.7 Å². The third-order valence-electron chi connectivity index (χ3n) is 4.59. The van der Waals surface area contributed by atoms with E-state index in [1.807, 2.05) is 31.2 Å². The quantitative estimate of drug-likeness (QED) is 0.554. The number of para-hydroxylation sites is 1. The number of aromatic nitrogens is 1. The molecule has 3 aromatic rings. The first-order valence-electron chi connectivity index (χ1n) is 9.67. The molecule has 156 valence electrons. The van der Waals surface area contributed by atoms with Gasteiger partial charge in [-0.2, -0.15) is 0 Å². The zero-order valence-corrected chi connectivity index (χ0v) is 17.0. The lowest BCUT2D eigenvalue weighted by atomic mass is 10.1. The second-order valence-electron chi connectivity index (χ2n) is 6.74. The highest BCUT2D eigenvalue weighted by molar-refractivity contribution is 5.95. The van der Waals surface area contributed by atoms with Gasteiger partial charge >= 0.3 is 0 Å². The Morgan fingerprint density at radius 1 is 1.13 bits per heavy atom. The van der Waals surface area contributed by atoms with Gasteiger partial charge in [0.05, 0.1) is 19.0 Å². The maximum absolute atomic E-state index is 12.1. The molecular weight excluding hydrogens is 384 g/mol. The van der Waals surface area contributed by atoms with E-state index in [-0.39, 0.29) is 30.4 Å². The number of methoxy groups -OCH3 is 1. The number of rotatable bonds is 8. The van der Waals surface area contributed by atoms with Gasteiger partial charge in [-0.1, -0.05) is 37.3 Å². The molecule has 0 fully saturated rings. The summed E-state index contributed by atoms with van der Waals surface area (Å²) in [5, 5.41) is 21.4. The highest BCUT2D eigenvalue weighted by Gasteiger charge is 2.16. The first-order valence-corrected chi connectivity index (χ1v) is 9.67. The highest BCUT2D eigenvalue weighted by atomic mass is 16.5. The molecule has 0 aliphatic rings. The molecule has 0 bridgehead atoms. The minimum absolute atomic E-state index is 0.0295. The smallest absolute Gasteiger partial charge is 0.283 e. The molecule has 0 spiro atoms. The summed E-state index contributed by atoms with van der Waals surface area (Å²) in [6, 6.07) is 14.5. The molecule has 0 unspecified atom stereocenters. The van der Waals surface area contributed by atoms with E-state index in [0.29, 0.717) is 17.7 Å². The van der Waals surface area contributed by atoms with Gasteiger partial charge in [0, 0.05) is 11.9 Å². The molecule has 1 heterocycles. The van der Waals surface area contributed by atoms with Crippen LogP contribution in [-0.4, -0.2) is 35.1 Å². The van der Waals surface area contributed by atoms with Gasteiger partial charge < -0.3 is 19.7 Å². The highest BCUT2D eigenvalue weighted by Crippen LogP contribution is 2.38. The van der Waals surface area contributed by atoms with E-state index in [1.54, 1.807) is 35.9 Å². The van der Waals surface area contributed by atoms with Gasteiger partial charge in [-0.25, -0.2) is 0 Å². The van der Waals surface area contributed by atoms with Crippen molar-refractivity contribution in [2.45, 2.75) is 26.3 Å². The van der Waals surface area contributed by atoms with Crippen LogP contribution in [0.25, 0.3) is 10.9 Å².